The molecule has 2 aromatic carbocycles. The number of hydrogen-bond acceptors (Lipinski definition) is 3. The van der Waals surface area contributed by atoms with Crippen LogP contribution < -0.4 is 4.74 Å². The van der Waals surface area contributed by atoms with Crippen molar-refractivity contribution in [2.75, 3.05) is 7.11 Å². The number of nitrogens with zero attached hydrogens (tertiary/aromatic N) is 1. The molecule has 0 aromatic heterocycles. The van der Waals surface area contributed by atoms with Crippen LogP contribution in [0, 0.1) is 0 Å². The average Bonchev–Trinajstić information content (AvgIpc) is 2.81. The van der Waals surface area contributed by atoms with E-state index in [9.17, 15) is 4.21 Å². The highest BCUT2D eigenvalue weighted by Crippen LogP contribution is 2.29. The Morgan fingerprint density at radius 3 is 2.58 bits per heavy atom. The normalized spacial score (nSPS) is 16.4. The lowest BCUT2D eigenvalue weighted by Crippen LogP contribution is -1.92. The van der Waals surface area contributed by atoms with Crippen LogP contribution in [0.2, 0.25) is 0 Å². The van der Waals surface area contributed by atoms with Gasteiger partial charge in [-0.1, -0.05) is 18.2 Å². The van der Waals surface area contributed by atoms with Crippen molar-refractivity contribution < 1.29 is 8.95 Å². The number of aliphatic imine (C=N–C) groups is 1. The molecule has 0 amide bonds. The van der Waals surface area contributed by atoms with Gasteiger partial charge in [0.1, 0.15) is 5.75 Å². The maximum atomic E-state index is 11.7. The zero-order chi connectivity index (χ0) is 13.2. The number of methoxy groups -OCH3 is 1. The van der Waals surface area contributed by atoms with Crippen LogP contribution in [-0.2, 0) is 17.2 Å². The summed E-state index contributed by atoms with van der Waals surface area (Å²) < 4.78 is 16.8. The third-order valence-electron chi connectivity index (χ3n) is 3.10. The first-order chi connectivity index (χ1) is 9.26. The maximum Gasteiger partial charge on any atom is 0.118 e. The van der Waals surface area contributed by atoms with Gasteiger partial charge >= 0.3 is 0 Å². The van der Waals surface area contributed by atoms with E-state index in [4.69, 9.17) is 4.74 Å². The summed E-state index contributed by atoms with van der Waals surface area (Å²) in [6.45, 7) is 0. The topological polar surface area (TPSA) is 38.7 Å². The van der Waals surface area contributed by atoms with E-state index in [-0.39, 0.29) is 0 Å². The predicted octanol–water partition coefficient (Wildman–Crippen LogP) is 3.07. The molecular formula is C15H13NO2S. The van der Waals surface area contributed by atoms with Crippen LogP contribution in [0.5, 0.6) is 5.75 Å². The van der Waals surface area contributed by atoms with Gasteiger partial charge < -0.3 is 4.74 Å². The molecule has 0 saturated carbocycles. The smallest absolute Gasteiger partial charge is 0.118 e. The van der Waals surface area contributed by atoms with E-state index < -0.39 is 10.8 Å². The summed E-state index contributed by atoms with van der Waals surface area (Å²) in [5.74, 6) is 0.854. The molecule has 0 radical (unpaired) electrons. The minimum atomic E-state index is -1.08. The molecule has 1 aliphatic heterocycles. The number of rotatable bonds is 3. The number of benzene rings is 2. The van der Waals surface area contributed by atoms with E-state index in [0.29, 0.717) is 0 Å². The van der Waals surface area contributed by atoms with Gasteiger partial charge in [-0.05, 0) is 41.8 Å². The second kappa shape index (κ2) is 4.97. The molecule has 0 aliphatic carbocycles. The molecule has 0 bridgehead atoms. The Kier molecular flexibility index (Phi) is 3.17. The summed E-state index contributed by atoms with van der Waals surface area (Å²) in [5.41, 5.74) is 4.65. The van der Waals surface area contributed by atoms with E-state index in [1.54, 1.807) is 7.11 Å². The van der Waals surface area contributed by atoms with E-state index in [0.717, 1.165) is 28.3 Å². The summed E-state index contributed by atoms with van der Waals surface area (Å²) in [5, 5.41) is 0. The van der Waals surface area contributed by atoms with Crippen molar-refractivity contribution in [2.45, 2.75) is 11.3 Å². The molecule has 3 rings (SSSR count). The van der Waals surface area contributed by atoms with Gasteiger partial charge in [-0.25, -0.2) is 9.20 Å². The quantitative estimate of drug-likeness (QED) is 0.860. The highest BCUT2D eigenvalue weighted by Gasteiger charge is 2.14. The number of hydrogen-bond donors (Lipinski definition) is 0. The molecule has 96 valence electrons. The molecule has 4 heteroatoms. The van der Waals surface area contributed by atoms with Gasteiger partial charge in [0.15, 0.2) is 0 Å². The lowest BCUT2D eigenvalue weighted by Gasteiger charge is -2.05. The van der Waals surface area contributed by atoms with Crippen molar-refractivity contribution in [3.05, 3.63) is 53.6 Å². The molecule has 1 atom stereocenters. The van der Waals surface area contributed by atoms with Crippen molar-refractivity contribution in [3.8, 4) is 5.75 Å². The molecule has 0 spiro atoms. The molecule has 1 unspecified atom stereocenters. The molecule has 19 heavy (non-hydrogen) atoms. The van der Waals surface area contributed by atoms with Crippen molar-refractivity contribution in [3.63, 3.8) is 0 Å². The van der Waals surface area contributed by atoms with Crippen molar-refractivity contribution in [1.82, 2.24) is 0 Å². The van der Waals surface area contributed by atoms with Gasteiger partial charge in [-0.2, -0.15) is 0 Å². The fourth-order valence-electron chi connectivity index (χ4n) is 2.08. The Hall–Kier alpha value is -1.94. The van der Waals surface area contributed by atoms with Crippen LogP contribution in [-0.4, -0.2) is 16.9 Å². The zero-order valence-electron chi connectivity index (χ0n) is 10.5. The Bertz CT molecular complexity index is 662. The summed E-state index contributed by atoms with van der Waals surface area (Å²) >= 11 is 0. The molecule has 0 N–H and O–H groups in total. The number of fused-ring (bicyclic) bond motifs is 1. The van der Waals surface area contributed by atoms with Crippen molar-refractivity contribution in [1.29, 1.82) is 0 Å². The SMILES string of the molecule is COc1ccc(Cc2ccc3c(c2)S(=O)C=N3)cc1. The van der Waals surface area contributed by atoms with E-state index in [2.05, 4.69) is 4.99 Å². The Morgan fingerprint density at radius 1 is 1.11 bits per heavy atom. The second-order valence-electron chi connectivity index (χ2n) is 4.36. The van der Waals surface area contributed by atoms with Gasteiger partial charge in [0.2, 0.25) is 0 Å². The molecule has 3 nitrogen and oxygen atoms in total. The van der Waals surface area contributed by atoms with Crippen LogP contribution in [0.1, 0.15) is 11.1 Å². The van der Waals surface area contributed by atoms with Crippen LogP contribution in [0.3, 0.4) is 0 Å². The highest BCUT2D eigenvalue weighted by atomic mass is 32.2. The number of ether oxygens (including phenoxy) is 1. The van der Waals surface area contributed by atoms with Crippen LogP contribution in [0.4, 0.5) is 5.69 Å². The lowest BCUT2D eigenvalue weighted by molar-refractivity contribution is 0.414. The molecular weight excluding hydrogens is 258 g/mol. The van der Waals surface area contributed by atoms with Crippen LogP contribution in [0.15, 0.2) is 52.4 Å². The summed E-state index contributed by atoms with van der Waals surface area (Å²) in [6, 6.07) is 13.9. The largest absolute Gasteiger partial charge is 0.497 e. The molecule has 1 aliphatic rings. The third-order valence-corrected chi connectivity index (χ3v) is 4.15. The monoisotopic (exact) mass is 271 g/mol. The fourth-order valence-corrected chi connectivity index (χ4v) is 2.99. The minimum Gasteiger partial charge on any atom is -0.497 e. The van der Waals surface area contributed by atoms with Gasteiger partial charge in [0, 0.05) is 0 Å². The minimum absolute atomic E-state index is 0.811. The van der Waals surface area contributed by atoms with Crippen molar-refractivity contribution >= 4 is 22.0 Å². The highest BCUT2D eigenvalue weighted by molar-refractivity contribution is 7.99. The third kappa shape index (κ3) is 2.44. The van der Waals surface area contributed by atoms with Gasteiger partial charge in [0.25, 0.3) is 0 Å². The Balaban J connectivity index is 1.84. The first-order valence-corrected chi connectivity index (χ1v) is 7.18. The summed E-state index contributed by atoms with van der Waals surface area (Å²) in [4.78, 5) is 4.92. The molecule has 0 fully saturated rings. The maximum absolute atomic E-state index is 11.7. The zero-order valence-corrected chi connectivity index (χ0v) is 11.3. The van der Waals surface area contributed by atoms with Crippen LogP contribution >= 0.6 is 0 Å². The van der Waals surface area contributed by atoms with Crippen LogP contribution in [0.25, 0.3) is 0 Å². The molecule has 1 heterocycles. The predicted molar refractivity (Wildman–Crippen MR) is 76.8 cm³/mol. The van der Waals surface area contributed by atoms with E-state index in [1.807, 2.05) is 42.5 Å². The van der Waals surface area contributed by atoms with E-state index in [1.165, 1.54) is 11.1 Å². The summed E-state index contributed by atoms with van der Waals surface area (Å²) in [6.07, 6.45) is 0.814. The van der Waals surface area contributed by atoms with Gasteiger partial charge in [-0.15, -0.1) is 0 Å². The first kappa shape index (κ1) is 12.1. The van der Waals surface area contributed by atoms with Crippen molar-refractivity contribution in [2.24, 2.45) is 4.99 Å². The van der Waals surface area contributed by atoms with Gasteiger partial charge in [0.05, 0.1) is 34.0 Å². The Labute approximate surface area is 114 Å². The molecule has 0 saturated heterocycles. The summed E-state index contributed by atoms with van der Waals surface area (Å²) in [7, 11) is 0.575. The Morgan fingerprint density at radius 2 is 1.84 bits per heavy atom. The fraction of sp³-hybridized carbons (Fsp3) is 0.133. The molecule has 2 aromatic rings. The lowest BCUT2D eigenvalue weighted by atomic mass is 10.0. The first-order valence-electron chi connectivity index (χ1n) is 5.97. The van der Waals surface area contributed by atoms with Gasteiger partial charge in [-0.3, -0.25) is 0 Å². The standard InChI is InChI=1S/C15H13NO2S/c1-18-13-5-2-11(3-6-13)8-12-4-7-14-15(9-12)19(17)10-16-14/h2-7,9-10H,8H2,1H3. The van der Waals surface area contributed by atoms with E-state index >= 15 is 0 Å². The second-order valence-corrected chi connectivity index (χ2v) is 5.60. The average molecular weight is 271 g/mol.